The average Bonchev–Trinajstić information content (AvgIpc) is 2.95. The molecule has 0 aliphatic heterocycles. The number of ether oxygens (including phenoxy) is 2. The minimum Gasteiger partial charge on any atom is -0.497 e. The Labute approximate surface area is 236 Å². The zero-order valence-electron chi connectivity index (χ0n) is 23.6. The van der Waals surface area contributed by atoms with Crippen LogP contribution in [0.2, 0.25) is 0 Å². The van der Waals surface area contributed by atoms with E-state index in [1.807, 2.05) is 13.8 Å². The van der Waals surface area contributed by atoms with Gasteiger partial charge in [-0.1, -0.05) is 29.8 Å². The second kappa shape index (κ2) is 13.8. The Balaban J connectivity index is 2.02. The van der Waals surface area contributed by atoms with Gasteiger partial charge in [0.15, 0.2) is 0 Å². The molecule has 3 rings (SSSR count). The van der Waals surface area contributed by atoms with Crippen molar-refractivity contribution < 1.29 is 27.5 Å². The van der Waals surface area contributed by atoms with Gasteiger partial charge in [-0.05, 0) is 81.8 Å². The third kappa shape index (κ3) is 7.53. The van der Waals surface area contributed by atoms with Gasteiger partial charge >= 0.3 is 0 Å². The Morgan fingerprint density at radius 1 is 0.900 bits per heavy atom. The summed E-state index contributed by atoms with van der Waals surface area (Å²) in [5.41, 5.74) is 1.97. The second-order valence-electron chi connectivity index (χ2n) is 9.19. The van der Waals surface area contributed by atoms with E-state index in [2.05, 4.69) is 5.32 Å². The number of amides is 2. The SMILES string of the molecule is CCNC(=O)[C@@H](C)N(Cc1ccc(OC)cc1)C(=O)CN(c1ccc(OCC)cc1)S(=O)(=O)c1ccc(C)cc1. The molecule has 9 nitrogen and oxygen atoms in total. The van der Waals surface area contributed by atoms with Gasteiger partial charge in [-0.3, -0.25) is 13.9 Å². The predicted molar refractivity (Wildman–Crippen MR) is 155 cm³/mol. The van der Waals surface area contributed by atoms with Crippen molar-refractivity contribution in [1.29, 1.82) is 0 Å². The molecule has 0 fully saturated rings. The Bertz CT molecular complexity index is 1370. The molecular weight excluding hydrogens is 530 g/mol. The third-order valence-corrected chi connectivity index (χ3v) is 8.14. The monoisotopic (exact) mass is 567 g/mol. The number of nitrogens with zero attached hydrogens (tertiary/aromatic N) is 2. The molecular formula is C30H37N3O6S. The van der Waals surface area contributed by atoms with Crippen molar-refractivity contribution in [3.8, 4) is 11.5 Å². The van der Waals surface area contributed by atoms with Crippen LogP contribution in [0.5, 0.6) is 11.5 Å². The Morgan fingerprint density at radius 3 is 2.05 bits per heavy atom. The molecule has 1 N–H and O–H groups in total. The summed E-state index contributed by atoms with van der Waals surface area (Å²) in [7, 11) is -2.57. The van der Waals surface area contributed by atoms with E-state index in [9.17, 15) is 18.0 Å². The van der Waals surface area contributed by atoms with Crippen molar-refractivity contribution >= 4 is 27.5 Å². The second-order valence-corrected chi connectivity index (χ2v) is 11.1. The number of aryl methyl sites for hydroxylation is 1. The Hall–Kier alpha value is -4.05. The third-order valence-electron chi connectivity index (χ3n) is 6.35. The average molecular weight is 568 g/mol. The summed E-state index contributed by atoms with van der Waals surface area (Å²) in [5.74, 6) is 0.373. The fourth-order valence-corrected chi connectivity index (χ4v) is 5.49. The van der Waals surface area contributed by atoms with Gasteiger partial charge in [-0.25, -0.2) is 8.42 Å². The number of likely N-dealkylation sites (N-methyl/N-ethyl adjacent to an activating group) is 1. The largest absolute Gasteiger partial charge is 0.497 e. The molecule has 0 aliphatic carbocycles. The summed E-state index contributed by atoms with van der Waals surface area (Å²) in [6.45, 7) is 7.59. The van der Waals surface area contributed by atoms with E-state index in [4.69, 9.17) is 9.47 Å². The van der Waals surface area contributed by atoms with Gasteiger partial charge in [0.1, 0.15) is 24.1 Å². The number of anilines is 1. The van der Waals surface area contributed by atoms with Crippen LogP contribution in [0.25, 0.3) is 0 Å². The van der Waals surface area contributed by atoms with E-state index < -0.39 is 28.5 Å². The first-order chi connectivity index (χ1) is 19.1. The van der Waals surface area contributed by atoms with E-state index in [0.29, 0.717) is 30.3 Å². The van der Waals surface area contributed by atoms with E-state index >= 15 is 0 Å². The van der Waals surface area contributed by atoms with Gasteiger partial charge in [0.2, 0.25) is 11.8 Å². The molecule has 10 heteroatoms. The number of sulfonamides is 1. The first-order valence-corrected chi connectivity index (χ1v) is 14.6. The van der Waals surface area contributed by atoms with E-state index in [1.165, 1.54) is 17.0 Å². The van der Waals surface area contributed by atoms with Gasteiger partial charge in [0.05, 0.1) is 24.3 Å². The lowest BCUT2D eigenvalue weighted by molar-refractivity contribution is -0.139. The number of methoxy groups -OCH3 is 1. The molecule has 3 aromatic carbocycles. The van der Waals surface area contributed by atoms with Crippen molar-refractivity contribution in [1.82, 2.24) is 10.2 Å². The number of rotatable bonds is 13. The maximum atomic E-state index is 13.9. The highest BCUT2D eigenvalue weighted by Gasteiger charge is 2.32. The maximum Gasteiger partial charge on any atom is 0.264 e. The first-order valence-electron chi connectivity index (χ1n) is 13.1. The van der Waals surface area contributed by atoms with Gasteiger partial charge in [0, 0.05) is 13.1 Å². The van der Waals surface area contributed by atoms with Gasteiger partial charge < -0.3 is 19.7 Å². The van der Waals surface area contributed by atoms with Crippen LogP contribution in [-0.2, 0) is 26.2 Å². The Morgan fingerprint density at radius 2 is 1.50 bits per heavy atom. The highest BCUT2D eigenvalue weighted by atomic mass is 32.2. The molecule has 0 aromatic heterocycles. The van der Waals surface area contributed by atoms with Crippen LogP contribution in [0.3, 0.4) is 0 Å². The molecule has 3 aromatic rings. The molecule has 0 unspecified atom stereocenters. The number of hydrogen-bond donors (Lipinski definition) is 1. The molecule has 0 radical (unpaired) electrons. The normalized spacial score (nSPS) is 11.8. The first kappa shape index (κ1) is 30.5. The number of carbonyl (C=O) groups excluding carboxylic acids is 2. The summed E-state index contributed by atoms with van der Waals surface area (Å²) in [6, 6.07) is 19.3. The summed E-state index contributed by atoms with van der Waals surface area (Å²) < 4.78 is 39.6. The van der Waals surface area contributed by atoms with Gasteiger partial charge in [-0.15, -0.1) is 0 Å². The molecule has 0 saturated heterocycles. The van der Waals surface area contributed by atoms with Crippen LogP contribution in [0.15, 0.2) is 77.7 Å². The van der Waals surface area contributed by atoms with E-state index in [-0.39, 0.29) is 17.3 Å². The van der Waals surface area contributed by atoms with Crippen molar-refractivity contribution in [2.24, 2.45) is 0 Å². The summed E-state index contributed by atoms with van der Waals surface area (Å²) in [6.07, 6.45) is 0. The van der Waals surface area contributed by atoms with Gasteiger partial charge in [0.25, 0.3) is 10.0 Å². The van der Waals surface area contributed by atoms with Crippen LogP contribution >= 0.6 is 0 Å². The number of benzene rings is 3. The fraction of sp³-hybridized carbons (Fsp3) is 0.333. The smallest absolute Gasteiger partial charge is 0.264 e. The molecule has 40 heavy (non-hydrogen) atoms. The summed E-state index contributed by atoms with van der Waals surface area (Å²) in [4.78, 5) is 28.2. The van der Waals surface area contributed by atoms with Crippen molar-refractivity contribution in [3.05, 3.63) is 83.9 Å². The zero-order valence-corrected chi connectivity index (χ0v) is 24.4. The highest BCUT2D eigenvalue weighted by Crippen LogP contribution is 2.27. The van der Waals surface area contributed by atoms with Crippen LogP contribution in [0.1, 0.15) is 31.9 Å². The lowest BCUT2D eigenvalue weighted by Gasteiger charge is -2.32. The van der Waals surface area contributed by atoms with Crippen LogP contribution < -0.4 is 19.1 Å². The quantitative estimate of drug-likeness (QED) is 0.333. The zero-order chi connectivity index (χ0) is 29.3. The predicted octanol–water partition coefficient (Wildman–Crippen LogP) is 4.15. The highest BCUT2D eigenvalue weighted by molar-refractivity contribution is 7.92. The molecule has 0 spiro atoms. The minimum atomic E-state index is -4.13. The van der Waals surface area contributed by atoms with Crippen LogP contribution in [0.4, 0.5) is 5.69 Å². The minimum absolute atomic E-state index is 0.0539. The molecule has 0 saturated carbocycles. The fourth-order valence-electron chi connectivity index (χ4n) is 4.07. The number of hydrogen-bond acceptors (Lipinski definition) is 6. The molecule has 0 aliphatic rings. The lowest BCUT2D eigenvalue weighted by atomic mass is 10.1. The van der Waals surface area contributed by atoms with E-state index in [1.54, 1.807) is 81.6 Å². The standard InChI is InChI=1S/C30H37N3O6S/c1-6-31-30(35)23(4)32(20-24-10-14-26(38-5)15-11-24)29(34)21-33(25-12-16-27(17-13-25)39-7-2)40(36,37)28-18-8-22(3)9-19-28/h8-19,23H,6-7,20-21H2,1-5H3,(H,31,35)/t23-/m1/s1. The van der Waals surface area contributed by atoms with Crippen molar-refractivity contribution in [2.75, 3.05) is 31.1 Å². The van der Waals surface area contributed by atoms with Crippen LogP contribution in [-0.4, -0.2) is 58.0 Å². The molecule has 0 heterocycles. The van der Waals surface area contributed by atoms with E-state index in [0.717, 1.165) is 15.4 Å². The van der Waals surface area contributed by atoms with Crippen molar-refractivity contribution in [2.45, 2.75) is 45.2 Å². The van der Waals surface area contributed by atoms with Gasteiger partial charge in [-0.2, -0.15) is 0 Å². The topological polar surface area (TPSA) is 105 Å². The Kier molecular flexibility index (Phi) is 10.6. The molecule has 214 valence electrons. The molecule has 1 atom stereocenters. The number of carbonyl (C=O) groups is 2. The lowest BCUT2D eigenvalue weighted by Crippen LogP contribution is -2.51. The number of nitrogens with one attached hydrogen (secondary N) is 1. The summed E-state index contributed by atoms with van der Waals surface area (Å²) >= 11 is 0. The maximum absolute atomic E-state index is 13.9. The van der Waals surface area contributed by atoms with Crippen molar-refractivity contribution in [3.63, 3.8) is 0 Å². The molecule has 0 bridgehead atoms. The molecule has 2 amide bonds. The van der Waals surface area contributed by atoms with Crippen LogP contribution in [0, 0.1) is 6.92 Å². The summed E-state index contributed by atoms with van der Waals surface area (Å²) in [5, 5.41) is 2.75.